The summed E-state index contributed by atoms with van der Waals surface area (Å²) in [6.45, 7) is 0.525. The highest BCUT2D eigenvalue weighted by atomic mass is 19.3. The normalized spacial score (nSPS) is 25.6. The van der Waals surface area contributed by atoms with E-state index in [2.05, 4.69) is 0 Å². The first-order valence-corrected chi connectivity index (χ1v) is 5.37. The number of alkyl halides is 2. The molecule has 2 rings (SSSR count). The van der Waals surface area contributed by atoms with Gasteiger partial charge < -0.3 is 5.11 Å². The predicted molar refractivity (Wildman–Crippen MR) is 57.3 cm³/mol. The van der Waals surface area contributed by atoms with Crippen LogP contribution in [0.3, 0.4) is 0 Å². The Hall–Kier alpha value is -1.00. The van der Waals surface area contributed by atoms with E-state index in [1.807, 2.05) is 30.3 Å². The van der Waals surface area contributed by atoms with Gasteiger partial charge in [-0.2, -0.15) is 0 Å². The number of aliphatic hydroxyl groups excluding tert-OH is 1. The van der Waals surface area contributed by atoms with Crippen molar-refractivity contribution in [1.29, 1.82) is 0 Å². The lowest BCUT2D eigenvalue weighted by Gasteiger charge is -2.35. The molecular weight excluding hydrogens is 212 g/mol. The number of likely N-dealkylation sites (tertiary alicyclic amines) is 1. The molecule has 0 aromatic heterocycles. The van der Waals surface area contributed by atoms with E-state index in [9.17, 15) is 13.9 Å². The van der Waals surface area contributed by atoms with Gasteiger partial charge in [-0.3, -0.25) is 4.90 Å². The van der Waals surface area contributed by atoms with Gasteiger partial charge in [0.25, 0.3) is 5.92 Å². The molecule has 0 saturated carbocycles. The fourth-order valence-electron chi connectivity index (χ4n) is 2.13. The van der Waals surface area contributed by atoms with E-state index in [-0.39, 0.29) is 6.54 Å². The van der Waals surface area contributed by atoms with Gasteiger partial charge >= 0.3 is 0 Å². The Kier molecular flexibility index (Phi) is 3.21. The third kappa shape index (κ3) is 3.00. The molecule has 0 bridgehead atoms. The average Bonchev–Trinajstić information content (AvgIpc) is 2.15. The van der Waals surface area contributed by atoms with E-state index in [4.69, 9.17) is 0 Å². The maximum absolute atomic E-state index is 13.2. The number of aliphatic hydroxyl groups is 1. The first-order chi connectivity index (χ1) is 7.55. The fraction of sp³-hybridized carbons (Fsp3) is 0.500. The summed E-state index contributed by atoms with van der Waals surface area (Å²) in [6.07, 6.45) is -1.34. The molecule has 1 atom stereocenters. The SMILES string of the molecule is O[C@@H]1CN(Cc2ccccc2)CC(F)(F)C1. The van der Waals surface area contributed by atoms with Gasteiger partial charge in [0, 0.05) is 19.5 Å². The van der Waals surface area contributed by atoms with Crippen LogP contribution in [0.4, 0.5) is 8.78 Å². The molecule has 0 aliphatic carbocycles. The van der Waals surface area contributed by atoms with Crippen molar-refractivity contribution in [2.75, 3.05) is 13.1 Å². The highest BCUT2D eigenvalue weighted by Crippen LogP contribution is 2.27. The summed E-state index contributed by atoms with van der Waals surface area (Å²) in [6, 6.07) is 9.46. The molecule has 88 valence electrons. The van der Waals surface area contributed by atoms with E-state index in [1.54, 1.807) is 4.90 Å². The van der Waals surface area contributed by atoms with Crippen molar-refractivity contribution in [3.05, 3.63) is 35.9 Å². The quantitative estimate of drug-likeness (QED) is 0.834. The highest BCUT2D eigenvalue weighted by molar-refractivity contribution is 5.14. The largest absolute Gasteiger partial charge is 0.392 e. The molecule has 0 amide bonds. The molecule has 1 aliphatic heterocycles. The minimum atomic E-state index is -2.77. The summed E-state index contributed by atoms with van der Waals surface area (Å²) >= 11 is 0. The number of nitrogens with zero attached hydrogens (tertiary/aromatic N) is 1. The van der Waals surface area contributed by atoms with Crippen LogP contribution in [0.2, 0.25) is 0 Å². The van der Waals surface area contributed by atoms with Crippen LogP contribution in [-0.2, 0) is 6.54 Å². The van der Waals surface area contributed by atoms with E-state index >= 15 is 0 Å². The molecule has 16 heavy (non-hydrogen) atoms. The molecule has 1 N–H and O–H groups in total. The Balaban J connectivity index is 2.00. The van der Waals surface area contributed by atoms with Gasteiger partial charge in [-0.15, -0.1) is 0 Å². The summed E-state index contributed by atoms with van der Waals surface area (Å²) < 4.78 is 26.4. The number of benzene rings is 1. The minimum Gasteiger partial charge on any atom is -0.392 e. The Labute approximate surface area is 93.5 Å². The van der Waals surface area contributed by atoms with Crippen LogP contribution in [-0.4, -0.2) is 35.1 Å². The van der Waals surface area contributed by atoms with Gasteiger partial charge in [-0.05, 0) is 5.56 Å². The Morgan fingerprint density at radius 1 is 1.31 bits per heavy atom. The molecule has 4 heteroatoms. The zero-order valence-electron chi connectivity index (χ0n) is 8.94. The monoisotopic (exact) mass is 227 g/mol. The lowest BCUT2D eigenvalue weighted by molar-refractivity contribution is -0.109. The maximum atomic E-state index is 13.2. The van der Waals surface area contributed by atoms with Crippen LogP contribution in [0.1, 0.15) is 12.0 Å². The molecule has 0 spiro atoms. The molecule has 1 aromatic carbocycles. The molecule has 1 saturated heterocycles. The summed E-state index contributed by atoms with van der Waals surface area (Å²) in [4.78, 5) is 1.60. The molecule has 0 unspecified atom stereocenters. The van der Waals surface area contributed by atoms with Gasteiger partial charge in [-0.25, -0.2) is 8.78 Å². The maximum Gasteiger partial charge on any atom is 0.263 e. The summed E-state index contributed by atoms with van der Waals surface area (Å²) in [5, 5.41) is 9.37. The van der Waals surface area contributed by atoms with Crippen molar-refractivity contribution in [2.24, 2.45) is 0 Å². The van der Waals surface area contributed by atoms with Gasteiger partial charge in [0.15, 0.2) is 0 Å². The number of β-amino-alcohol motifs (C(OH)–C–C–N with tert-alkyl or cyclic N) is 1. The second kappa shape index (κ2) is 4.47. The first-order valence-electron chi connectivity index (χ1n) is 5.37. The van der Waals surface area contributed by atoms with Crippen LogP contribution < -0.4 is 0 Å². The van der Waals surface area contributed by atoms with E-state index < -0.39 is 18.4 Å². The van der Waals surface area contributed by atoms with E-state index in [0.717, 1.165) is 5.56 Å². The van der Waals surface area contributed by atoms with E-state index in [1.165, 1.54) is 0 Å². The van der Waals surface area contributed by atoms with Crippen LogP contribution in [0.5, 0.6) is 0 Å². The third-order valence-electron chi connectivity index (χ3n) is 2.71. The molecule has 0 radical (unpaired) electrons. The van der Waals surface area contributed by atoms with Crippen molar-refractivity contribution >= 4 is 0 Å². The average molecular weight is 227 g/mol. The third-order valence-corrected chi connectivity index (χ3v) is 2.71. The number of hydrogen-bond acceptors (Lipinski definition) is 2. The topological polar surface area (TPSA) is 23.5 Å². The van der Waals surface area contributed by atoms with Crippen molar-refractivity contribution in [3.63, 3.8) is 0 Å². The second-order valence-electron chi connectivity index (χ2n) is 4.37. The summed E-state index contributed by atoms with van der Waals surface area (Å²) in [5.41, 5.74) is 0.993. The van der Waals surface area contributed by atoms with Crippen molar-refractivity contribution in [3.8, 4) is 0 Å². The lowest BCUT2D eigenvalue weighted by atomic mass is 10.0. The van der Waals surface area contributed by atoms with Gasteiger partial charge in [0.05, 0.1) is 12.6 Å². The van der Waals surface area contributed by atoms with Crippen molar-refractivity contribution in [1.82, 2.24) is 4.90 Å². The van der Waals surface area contributed by atoms with Crippen LogP contribution in [0.15, 0.2) is 30.3 Å². The van der Waals surface area contributed by atoms with Gasteiger partial charge in [0.2, 0.25) is 0 Å². The lowest BCUT2D eigenvalue weighted by Crippen LogP contribution is -2.48. The zero-order chi connectivity index (χ0) is 11.6. The van der Waals surface area contributed by atoms with E-state index in [0.29, 0.717) is 13.1 Å². The van der Waals surface area contributed by atoms with Crippen molar-refractivity contribution < 1.29 is 13.9 Å². The Morgan fingerprint density at radius 2 is 2.00 bits per heavy atom. The van der Waals surface area contributed by atoms with Gasteiger partial charge in [0.1, 0.15) is 0 Å². The minimum absolute atomic E-state index is 0.265. The molecule has 1 fully saturated rings. The van der Waals surface area contributed by atoms with Crippen LogP contribution in [0.25, 0.3) is 0 Å². The number of halogens is 2. The first kappa shape index (κ1) is 11.5. The number of hydrogen-bond donors (Lipinski definition) is 1. The smallest absolute Gasteiger partial charge is 0.263 e. The molecule has 1 aliphatic rings. The molecular formula is C12H15F2NO. The summed E-state index contributed by atoms with van der Waals surface area (Å²) in [7, 11) is 0. The molecule has 1 aromatic rings. The van der Waals surface area contributed by atoms with Crippen molar-refractivity contribution in [2.45, 2.75) is 25.0 Å². The standard InChI is InChI=1S/C12H15F2NO/c13-12(14)6-11(16)8-15(9-12)7-10-4-2-1-3-5-10/h1-5,11,16H,6-9H2/t11-/m0/s1. The fourth-order valence-corrected chi connectivity index (χ4v) is 2.13. The predicted octanol–water partition coefficient (Wildman–Crippen LogP) is 1.89. The molecule has 1 heterocycles. The second-order valence-corrected chi connectivity index (χ2v) is 4.37. The summed E-state index contributed by atoms with van der Waals surface area (Å²) in [5.74, 6) is -2.77. The Bertz CT molecular complexity index is 342. The number of piperidine rings is 1. The zero-order valence-corrected chi connectivity index (χ0v) is 8.94. The van der Waals surface area contributed by atoms with Crippen LogP contribution in [0, 0.1) is 0 Å². The Morgan fingerprint density at radius 3 is 2.62 bits per heavy atom. The highest BCUT2D eigenvalue weighted by Gasteiger charge is 2.39. The number of rotatable bonds is 2. The van der Waals surface area contributed by atoms with Gasteiger partial charge in [-0.1, -0.05) is 30.3 Å². The van der Waals surface area contributed by atoms with Crippen LogP contribution >= 0.6 is 0 Å². The molecule has 2 nitrogen and oxygen atoms in total.